The summed E-state index contributed by atoms with van der Waals surface area (Å²) in [5.41, 5.74) is 4.11. The highest BCUT2D eigenvalue weighted by molar-refractivity contribution is 9.10. The first-order valence-corrected chi connectivity index (χ1v) is 11.3. The largest absolute Gasteiger partial charge is 0.339 e. The molecule has 5 nitrogen and oxygen atoms in total. The van der Waals surface area contributed by atoms with E-state index in [2.05, 4.69) is 67.9 Å². The Morgan fingerprint density at radius 3 is 2.26 bits per heavy atom. The number of fused-ring (bicyclic) bond motifs is 1. The fourth-order valence-corrected chi connectivity index (χ4v) is 4.37. The van der Waals surface area contributed by atoms with Crippen LogP contribution in [0.1, 0.15) is 15.9 Å². The van der Waals surface area contributed by atoms with E-state index in [1.807, 2.05) is 41.3 Å². The minimum atomic E-state index is 0.0879. The first-order valence-electron chi connectivity index (χ1n) is 10.5. The number of benzene rings is 3. The van der Waals surface area contributed by atoms with E-state index in [1.165, 1.54) is 5.56 Å². The van der Waals surface area contributed by atoms with E-state index in [9.17, 15) is 4.79 Å². The summed E-state index contributed by atoms with van der Waals surface area (Å²) in [7, 11) is 0. The zero-order valence-corrected chi connectivity index (χ0v) is 18.7. The molecule has 1 saturated heterocycles. The van der Waals surface area contributed by atoms with Crippen LogP contribution in [-0.4, -0.2) is 46.5 Å². The molecule has 31 heavy (non-hydrogen) atoms. The number of carbonyl (C=O) groups excluding carboxylic acids is 1. The van der Waals surface area contributed by atoms with Gasteiger partial charge < -0.3 is 14.4 Å². The molecule has 5 rings (SSSR count). The smallest absolute Gasteiger partial charge is 0.253 e. The van der Waals surface area contributed by atoms with E-state index >= 15 is 0 Å². The molecule has 2 heterocycles. The second-order valence-corrected chi connectivity index (χ2v) is 8.67. The molecule has 1 aliphatic rings. The number of halogens is 1. The lowest BCUT2D eigenvalue weighted by Crippen LogP contribution is -2.49. The highest BCUT2D eigenvalue weighted by Gasteiger charge is 2.25. The molecular weight excluding hydrogens is 452 g/mol. The molecule has 0 atom stereocenters. The van der Waals surface area contributed by atoms with E-state index < -0.39 is 0 Å². The minimum absolute atomic E-state index is 0.0879. The van der Waals surface area contributed by atoms with E-state index in [0.717, 1.165) is 46.7 Å². The van der Waals surface area contributed by atoms with Gasteiger partial charge in [0.1, 0.15) is 0 Å². The van der Waals surface area contributed by atoms with Crippen molar-refractivity contribution in [1.82, 2.24) is 14.5 Å². The number of rotatable bonds is 4. The van der Waals surface area contributed by atoms with Gasteiger partial charge in [-0.25, -0.2) is 4.98 Å². The van der Waals surface area contributed by atoms with Crippen molar-refractivity contribution in [3.63, 3.8) is 0 Å². The third kappa shape index (κ3) is 4.08. The number of hydrogen-bond acceptors (Lipinski definition) is 3. The van der Waals surface area contributed by atoms with Crippen molar-refractivity contribution in [1.29, 1.82) is 0 Å². The van der Waals surface area contributed by atoms with Gasteiger partial charge in [0.25, 0.3) is 5.91 Å². The molecule has 1 amide bonds. The molecule has 0 spiro atoms. The van der Waals surface area contributed by atoms with Gasteiger partial charge in [-0.15, -0.1) is 0 Å². The molecule has 0 saturated carbocycles. The number of hydrogen-bond donors (Lipinski definition) is 0. The van der Waals surface area contributed by atoms with Gasteiger partial charge in [-0.3, -0.25) is 4.79 Å². The zero-order chi connectivity index (χ0) is 21.2. The molecule has 0 radical (unpaired) electrons. The Morgan fingerprint density at radius 2 is 1.52 bits per heavy atom. The van der Waals surface area contributed by atoms with Crippen LogP contribution in [0.25, 0.3) is 11.0 Å². The number of nitrogens with zero attached hydrogens (tertiary/aromatic N) is 4. The summed E-state index contributed by atoms with van der Waals surface area (Å²) >= 11 is 3.43. The molecular formula is C25H23BrN4O. The number of piperazine rings is 1. The van der Waals surface area contributed by atoms with Crippen LogP contribution in [-0.2, 0) is 6.54 Å². The summed E-state index contributed by atoms with van der Waals surface area (Å²) in [6.07, 6.45) is 0. The summed E-state index contributed by atoms with van der Waals surface area (Å²) in [5, 5.41) is 0. The third-order valence-corrected chi connectivity index (χ3v) is 6.29. The lowest BCUT2D eigenvalue weighted by Gasteiger charge is -2.35. The van der Waals surface area contributed by atoms with E-state index in [4.69, 9.17) is 4.98 Å². The second-order valence-electron chi connectivity index (χ2n) is 7.76. The van der Waals surface area contributed by atoms with Gasteiger partial charge in [-0.2, -0.15) is 0 Å². The Morgan fingerprint density at radius 1 is 0.839 bits per heavy atom. The Balaban J connectivity index is 1.37. The van der Waals surface area contributed by atoms with Crippen LogP contribution in [0.3, 0.4) is 0 Å². The molecule has 0 bridgehead atoms. The molecule has 4 aromatic rings. The second kappa shape index (κ2) is 8.55. The number of para-hydroxylation sites is 2. The van der Waals surface area contributed by atoms with Gasteiger partial charge in [0.2, 0.25) is 5.95 Å². The van der Waals surface area contributed by atoms with Crippen molar-refractivity contribution in [2.75, 3.05) is 31.1 Å². The first-order chi connectivity index (χ1) is 15.2. The van der Waals surface area contributed by atoms with Crippen LogP contribution >= 0.6 is 15.9 Å². The Bertz CT molecular complexity index is 1200. The summed E-state index contributed by atoms with van der Waals surface area (Å²) in [4.78, 5) is 22.1. The molecule has 0 N–H and O–H groups in total. The van der Waals surface area contributed by atoms with Gasteiger partial charge >= 0.3 is 0 Å². The number of amides is 1. The molecule has 1 aliphatic heterocycles. The lowest BCUT2D eigenvalue weighted by atomic mass is 10.2. The van der Waals surface area contributed by atoms with Crippen molar-refractivity contribution < 1.29 is 4.79 Å². The fourth-order valence-electron chi connectivity index (χ4n) is 4.11. The normalized spacial score (nSPS) is 14.2. The lowest BCUT2D eigenvalue weighted by molar-refractivity contribution is 0.0746. The van der Waals surface area contributed by atoms with Gasteiger partial charge in [-0.1, -0.05) is 58.4 Å². The number of carbonyl (C=O) groups is 1. The number of imidazole rings is 1. The van der Waals surface area contributed by atoms with Crippen LogP contribution in [0, 0.1) is 0 Å². The third-order valence-electron chi connectivity index (χ3n) is 5.76. The summed E-state index contributed by atoms with van der Waals surface area (Å²) in [6, 6.07) is 26.3. The summed E-state index contributed by atoms with van der Waals surface area (Å²) < 4.78 is 3.27. The standard InChI is InChI=1S/C25H23BrN4O/c26-21-12-10-20(11-13-21)24(31)28-14-16-29(17-15-28)25-27-22-8-4-5-9-23(22)30(25)18-19-6-2-1-3-7-19/h1-13H,14-18H2. The molecule has 1 fully saturated rings. The van der Waals surface area contributed by atoms with Crippen LogP contribution in [0.2, 0.25) is 0 Å². The van der Waals surface area contributed by atoms with Crippen molar-refractivity contribution in [3.8, 4) is 0 Å². The molecule has 1 aromatic heterocycles. The SMILES string of the molecule is O=C(c1ccc(Br)cc1)N1CCN(c2nc3ccccc3n2Cc2ccccc2)CC1. The average Bonchev–Trinajstić information content (AvgIpc) is 3.18. The van der Waals surface area contributed by atoms with Crippen LogP contribution < -0.4 is 4.90 Å². The number of anilines is 1. The summed E-state index contributed by atoms with van der Waals surface area (Å²) in [6.45, 7) is 3.67. The average molecular weight is 475 g/mol. The molecule has 6 heteroatoms. The van der Waals surface area contributed by atoms with Crippen molar-refractivity contribution in [2.45, 2.75) is 6.54 Å². The van der Waals surface area contributed by atoms with Crippen molar-refractivity contribution in [2.24, 2.45) is 0 Å². The van der Waals surface area contributed by atoms with Crippen LogP contribution in [0.5, 0.6) is 0 Å². The maximum Gasteiger partial charge on any atom is 0.253 e. The zero-order valence-electron chi connectivity index (χ0n) is 17.1. The van der Waals surface area contributed by atoms with E-state index in [-0.39, 0.29) is 5.91 Å². The molecule has 156 valence electrons. The fraction of sp³-hybridized carbons (Fsp3) is 0.200. The van der Waals surface area contributed by atoms with Crippen LogP contribution in [0.4, 0.5) is 5.95 Å². The van der Waals surface area contributed by atoms with Crippen molar-refractivity contribution in [3.05, 3.63) is 94.5 Å². The predicted octanol–water partition coefficient (Wildman–Crippen LogP) is 4.81. The van der Waals surface area contributed by atoms with E-state index in [0.29, 0.717) is 13.1 Å². The molecule has 0 aliphatic carbocycles. The monoisotopic (exact) mass is 474 g/mol. The topological polar surface area (TPSA) is 41.4 Å². The van der Waals surface area contributed by atoms with Crippen molar-refractivity contribution >= 4 is 38.8 Å². The molecule has 0 unspecified atom stereocenters. The van der Waals surface area contributed by atoms with Crippen LogP contribution in [0.15, 0.2) is 83.3 Å². The predicted molar refractivity (Wildman–Crippen MR) is 128 cm³/mol. The van der Waals surface area contributed by atoms with E-state index in [1.54, 1.807) is 0 Å². The van der Waals surface area contributed by atoms with Gasteiger partial charge in [0.15, 0.2) is 0 Å². The summed E-state index contributed by atoms with van der Waals surface area (Å²) in [5.74, 6) is 1.06. The van der Waals surface area contributed by atoms with Gasteiger partial charge in [0.05, 0.1) is 17.6 Å². The number of aromatic nitrogens is 2. The highest BCUT2D eigenvalue weighted by atomic mass is 79.9. The Labute approximate surface area is 190 Å². The van der Waals surface area contributed by atoms with Gasteiger partial charge in [0, 0.05) is 36.2 Å². The van der Waals surface area contributed by atoms with Gasteiger partial charge in [-0.05, 0) is 42.0 Å². The Kier molecular flexibility index (Phi) is 5.47. The maximum absolute atomic E-state index is 12.9. The molecule has 3 aromatic carbocycles. The highest BCUT2D eigenvalue weighted by Crippen LogP contribution is 2.25. The first kappa shape index (κ1) is 19.8. The minimum Gasteiger partial charge on any atom is -0.339 e. The Hall–Kier alpha value is -3.12. The maximum atomic E-state index is 12.9. The quantitative estimate of drug-likeness (QED) is 0.426.